The van der Waals surface area contributed by atoms with Crippen LogP contribution >= 0.6 is 23.2 Å². The number of likely N-dealkylation sites (tertiary alicyclic amines) is 1. The van der Waals surface area contributed by atoms with Gasteiger partial charge in [-0.3, -0.25) is 9.59 Å². The molecule has 9 heteroatoms. The van der Waals surface area contributed by atoms with Crippen molar-refractivity contribution in [3.05, 3.63) is 63.9 Å². The molecule has 2 fully saturated rings. The fourth-order valence-electron chi connectivity index (χ4n) is 4.22. The first-order valence-electron chi connectivity index (χ1n) is 10.9. The highest BCUT2D eigenvalue weighted by molar-refractivity contribution is 6.30. The van der Waals surface area contributed by atoms with Gasteiger partial charge in [0.25, 0.3) is 11.8 Å². The van der Waals surface area contributed by atoms with Crippen LogP contribution in [0.3, 0.4) is 0 Å². The fourth-order valence-corrected chi connectivity index (χ4v) is 4.46. The molecule has 2 aliphatic heterocycles. The SMILES string of the molecule is O=C(COc1ccc(Cl)c(F)c1)N[C@@H]1CC[C@@H](C(=O)N2CCC(c3ccc(Cl)cc3)C2)OC1. The molecular weight excluding hydrogens is 470 g/mol. The molecule has 2 aliphatic rings. The minimum absolute atomic E-state index is 0.00402. The second-order valence-electron chi connectivity index (χ2n) is 8.35. The molecule has 0 spiro atoms. The number of hydrogen-bond donors (Lipinski definition) is 1. The van der Waals surface area contributed by atoms with Crippen LogP contribution in [0.1, 0.15) is 30.7 Å². The highest BCUT2D eigenvalue weighted by atomic mass is 35.5. The van der Waals surface area contributed by atoms with E-state index in [9.17, 15) is 14.0 Å². The Kier molecular flexibility index (Phi) is 7.73. The molecule has 2 saturated heterocycles. The van der Waals surface area contributed by atoms with Crippen molar-refractivity contribution in [1.29, 1.82) is 0 Å². The number of rotatable bonds is 6. The van der Waals surface area contributed by atoms with Crippen LogP contribution < -0.4 is 10.1 Å². The molecule has 2 aromatic carbocycles. The molecular formula is C24H25Cl2FN2O4. The smallest absolute Gasteiger partial charge is 0.258 e. The van der Waals surface area contributed by atoms with E-state index in [0.29, 0.717) is 36.9 Å². The molecule has 2 aromatic rings. The zero-order valence-electron chi connectivity index (χ0n) is 17.9. The van der Waals surface area contributed by atoms with E-state index in [0.717, 1.165) is 12.5 Å². The Morgan fingerprint density at radius 2 is 1.91 bits per heavy atom. The molecule has 4 rings (SSSR count). The van der Waals surface area contributed by atoms with Crippen LogP contribution in [0.25, 0.3) is 0 Å². The maximum atomic E-state index is 13.4. The molecule has 1 N–H and O–H groups in total. The number of nitrogens with one attached hydrogen (secondary N) is 1. The average molecular weight is 495 g/mol. The van der Waals surface area contributed by atoms with Gasteiger partial charge in [0, 0.05) is 30.1 Å². The third kappa shape index (κ3) is 6.16. The lowest BCUT2D eigenvalue weighted by atomic mass is 9.99. The Labute approximate surface area is 201 Å². The summed E-state index contributed by atoms with van der Waals surface area (Å²) in [7, 11) is 0. The molecule has 0 radical (unpaired) electrons. The first-order valence-corrected chi connectivity index (χ1v) is 11.7. The molecule has 33 heavy (non-hydrogen) atoms. The number of benzene rings is 2. The summed E-state index contributed by atoms with van der Waals surface area (Å²) < 4.78 is 24.5. The summed E-state index contributed by atoms with van der Waals surface area (Å²) in [5, 5.41) is 3.52. The van der Waals surface area contributed by atoms with Crippen molar-refractivity contribution in [1.82, 2.24) is 10.2 Å². The van der Waals surface area contributed by atoms with Crippen LogP contribution in [0.4, 0.5) is 4.39 Å². The number of carbonyl (C=O) groups excluding carboxylic acids is 2. The first kappa shape index (κ1) is 23.8. The van der Waals surface area contributed by atoms with E-state index in [4.69, 9.17) is 32.7 Å². The monoisotopic (exact) mass is 494 g/mol. The van der Waals surface area contributed by atoms with Gasteiger partial charge in [-0.2, -0.15) is 0 Å². The maximum Gasteiger partial charge on any atom is 0.258 e. The molecule has 1 unspecified atom stereocenters. The topological polar surface area (TPSA) is 67.9 Å². The van der Waals surface area contributed by atoms with E-state index >= 15 is 0 Å². The van der Waals surface area contributed by atoms with Crippen LogP contribution in [0.2, 0.25) is 10.0 Å². The van der Waals surface area contributed by atoms with E-state index in [1.807, 2.05) is 29.2 Å². The van der Waals surface area contributed by atoms with E-state index in [-0.39, 0.29) is 41.8 Å². The molecule has 0 saturated carbocycles. The van der Waals surface area contributed by atoms with Crippen molar-refractivity contribution in [2.75, 3.05) is 26.3 Å². The van der Waals surface area contributed by atoms with Crippen molar-refractivity contribution in [2.24, 2.45) is 0 Å². The van der Waals surface area contributed by atoms with Crippen molar-refractivity contribution in [3.8, 4) is 5.75 Å². The molecule has 6 nitrogen and oxygen atoms in total. The van der Waals surface area contributed by atoms with Crippen LogP contribution in [-0.4, -0.2) is 55.2 Å². The lowest BCUT2D eigenvalue weighted by Gasteiger charge is -2.31. The van der Waals surface area contributed by atoms with Crippen molar-refractivity contribution in [2.45, 2.75) is 37.3 Å². The summed E-state index contributed by atoms with van der Waals surface area (Å²) >= 11 is 11.6. The number of carbonyl (C=O) groups is 2. The van der Waals surface area contributed by atoms with Crippen molar-refractivity contribution in [3.63, 3.8) is 0 Å². The highest BCUT2D eigenvalue weighted by Crippen LogP contribution is 2.29. The Bertz CT molecular complexity index is 996. The molecule has 2 amide bonds. The highest BCUT2D eigenvalue weighted by Gasteiger charge is 2.34. The molecule has 0 bridgehead atoms. The molecule has 0 aromatic heterocycles. The Hall–Kier alpha value is -2.35. The Morgan fingerprint density at radius 3 is 2.61 bits per heavy atom. The largest absolute Gasteiger partial charge is 0.484 e. The lowest BCUT2D eigenvalue weighted by molar-refractivity contribution is -0.146. The summed E-state index contributed by atoms with van der Waals surface area (Å²) in [5.74, 6) is -0.419. The summed E-state index contributed by atoms with van der Waals surface area (Å²) in [5.41, 5.74) is 1.19. The van der Waals surface area contributed by atoms with Crippen molar-refractivity contribution < 1.29 is 23.5 Å². The summed E-state index contributed by atoms with van der Waals surface area (Å²) in [4.78, 5) is 26.9. The number of halogens is 3. The summed E-state index contributed by atoms with van der Waals surface area (Å²) in [6.45, 7) is 1.38. The van der Waals surface area contributed by atoms with Gasteiger partial charge in [0.1, 0.15) is 17.7 Å². The van der Waals surface area contributed by atoms with Gasteiger partial charge in [-0.15, -0.1) is 0 Å². The predicted octanol–water partition coefficient (Wildman–Crippen LogP) is 4.19. The molecule has 3 atom stereocenters. The van der Waals surface area contributed by atoms with E-state index in [1.165, 1.54) is 17.7 Å². The van der Waals surface area contributed by atoms with Crippen LogP contribution in [0.15, 0.2) is 42.5 Å². The van der Waals surface area contributed by atoms with E-state index in [2.05, 4.69) is 5.32 Å². The summed E-state index contributed by atoms with van der Waals surface area (Å²) in [6.07, 6.45) is 1.59. The first-order chi connectivity index (χ1) is 15.9. The number of ether oxygens (including phenoxy) is 2. The third-order valence-electron chi connectivity index (χ3n) is 6.02. The standard InChI is InChI=1S/C24H25Cl2FN2O4/c25-17-3-1-15(2-4-17)16-9-10-29(12-16)24(31)22-8-5-18(13-33-22)28-23(30)14-32-19-6-7-20(26)21(27)11-19/h1-4,6-7,11,16,18,22H,5,8-10,12-14H2,(H,28,30)/t16?,18-,22+/m1/s1. The molecule has 2 heterocycles. The zero-order valence-corrected chi connectivity index (χ0v) is 19.4. The predicted molar refractivity (Wildman–Crippen MR) is 123 cm³/mol. The minimum atomic E-state index is -0.608. The second-order valence-corrected chi connectivity index (χ2v) is 9.19. The minimum Gasteiger partial charge on any atom is -0.484 e. The molecule has 0 aliphatic carbocycles. The number of nitrogens with zero attached hydrogens (tertiary/aromatic N) is 1. The van der Waals surface area contributed by atoms with E-state index in [1.54, 1.807) is 0 Å². The van der Waals surface area contributed by atoms with Gasteiger partial charge in [-0.05, 0) is 49.1 Å². The Morgan fingerprint density at radius 1 is 1.12 bits per heavy atom. The maximum absolute atomic E-state index is 13.4. The van der Waals surface area contributed by atoms with Gasteiger partial charge in [-0.1, -0.05) is 35.3 Å². The fraction of sp³-hybridized carbons (Fsp3) is 0.417. The lowest BCUT2D eigenvalue weighted by Crippen LogP contribution is -2.48. The van der Waals surface area contributed by atoms with Crippen molar-refractivity contribution >= 4 is 35.0 Å². The van der Waals surface area contributed by atoms with E-state index < -0.39 is 11.9 Å². The normalized spacial score (nSPS) is 22.8. The number of hydrogen-bond acceptors (Lipinski definition) is 4. The van der Waals surface area contributed by atoms with Gasteiger partial charge in [0.2, 0.25) is 0 Å². The number of amides is 2. The van der Waals surface area contributed by atoms with Gasteiger partial charge in [-0.25, -0.2) is 4.39 Å². The van der Waals surface area contributed by atoms with Crippen LogP contribution in [-0.2, 0) is 14.3 Å². The van der Waals surface area contributed by atoms with Gasteiger partial charge < -0.3 is 19.7 Å². The zero-order chi connectivity index (χ0) is 23.4. The third-order valence-corrected chi connectivity index (χ3v) is 6.58. The Balaban J connectivity index is 1.19. The van der Waals surface area contributed by atoms with Crippen LogP contribution in [0.5, 0.6) is 5.75 Å². The summed E-state index contributed by atoms with van der Waals surface area (Å²) in [6, 6.07) is 11.6. The van der Waals surface area contributed by atoms with Gasteiger partial charge >= 0.3 is 0 Å². The average Bonchev–Trinajstić information content (AvgIpc) is 3.31. The second kappa shape index (κ2) is 10.7. The van der Waals surface area contributed by atoms with Gasteiger partial charge in [0.05, 0.1) is 17.7 Å². The van der Waals surface area contributed by atoms with Crippen LogP contribution in [0, 0.1) is 5.82 Å². The molecule has 176 valence electrons. The van der Waals surface area contributed by atoms with Gasteiger partial charge in [0.15, 0.2) is 6.61 Å². The quantitative estimate of drug-likeness (QED) is 0.653.